The van der Waals surface area contributed by atoms with Crippen molar-refractivity contribution >= 4 is 10.0 Å². The summed E-state index contributed by atoms with van der Waals surface area (Å²) in [5.74, 6) is 0. The van der Waals surface area contributed by atoms with E-state index < -0.39 is 72.2 Å². The highest BCUT2D eigenvalue weighted by Gasteiger charge is 2.44. The third-order valence-corrected chi connectivity index (χ3v) is 9.79. The number of hydrogen-bond donors (Lipinski definition) is 7. The van der Waals surface area contributed by atoms with Crippen LogP contribution in [0.2, 0.25) is 0 Å². The number of benzene rings is 1. The molecule has 11 nitrogen and oxygen atoms in total. The van der Waals surface area contributed by atoms with Crippen LogP contribution in [0, 0.1) is 6.92 Å². The molecule has 7 N–H and O–H groups in total. The normalized spacial score (nSPS) is 25.0. The highest BCUT2D eigenvalue weighted by atomic mass is 32.2. The lowest BCUT2D eigenvalue weighted by molar-refractivity contribution is -0.303. The van der Waals surface area contributed by atoms with Crippen LogP contribution < -0.4 is 4.72 Å². The molecule has 0 amide bonds. The fourth-order valence-electron chi connectivity index (χ4n) is 5.36. The molecule has 0 radical (unpaired) electrons. The molecule has 2 unspecified atom stereocenters. The number of rotatable bonds is 22. The molecule has 1 heterocycles. The second kappa shape index (κ2) is 20.0. The van der Waals surface area contributed by atoms with Gasteiger partial charge >= 0.3 is 0 Å². The Hall–Kier alpha value is -1.19. The first kappa shape index (κ1) is 38.0. The maximum absolute atomic E-state index is 13.2. The number of hydrogen-bond acceptors (Lipinski definition) is 10. The number of ether oxygens (including phenoxy) is 2. The van der Waals surface area contributed by atoms with Crippen molar-refractivity contribution in [3.8, 4) is 0 Å². The lowest BCUT2D eigenvalue weighted by Gasteiger charge is -2.40. The molecule has 0 spiro atoms. The van der Waals surface area contributed by atoms with E-state index in [2.05, 4.69) is 11.6 Å². The molecule has 1 fully saturated rings. The van der Waals surface area contributed by atoms with E-state index >= 15 is 0 Å². The minimum absolute atomic E-state index is 0.00418. The SMILES string of the molecule is CCCCCCCCCCCCCC[C@@H](O)[C@@H](O)[C@H](CO[C@H]1OC(CO)[C@H](O)[C@H](O)C1O)NS(=O)(=O)c1ccccc1C. The van der Waals surface area contributed by atoms with Crippen LogP contribution in [0.15, 0.2) is 29.2 Å². The minimum atomic E-state index is -4.15. The Morgan fingerprint density at radius 2 is 1.42 bits per heavy atom. The Morgan fingerprint density at radius 1 is 0.860 bits per heavy atom. The quantitative estimate of drug-likeness (QED) is 0.0934. The number of aryl methyl sites for hydroxylation is 1. The van der Waals surface area contributed by atoms with Gasteiger partial charge in [-0.15, -0.1) is 0 Å². The number of unbranched alkanes of at least 4 members (excludes halogenated alkanes) is 11. The predicted molar refractivity (Wildman–Crippen MR) is 163 cm³/mol. The van der Waals surface area contributed by atoms with E-state index in [4.69, 9.17) is 9.47 Å². The van der Waals surface area contributed by atoms with Crippen LogP contribution in [0.5, 0.6) is 0 Å². The van der Waals surface area contributed by atoms with E-state index in [1.54, 1.807) is 25.1 Å². The summed E-state index contributed by atoms with van der Waals surface area (Å²) in [5, 5.41) is 61.7. The van der Waals surface area contributed by atoms with Gasteiger partial charge in [-0.25, -0.2) is 13.1 Å². The van der Waals surface area contributed by atoms with Gasteiger partial charge in [-0.2, -0.15) is 0 Å². The monoisotopic (exact) mass is 633 g/mol. The molecule has 1 aliphatic rings. The molecule has 12 heteroatoms. The minimum Gasteiger partial charge on any atom is -0.394 e. The molecule has 1 aromatic carbocycles. The average Bonchev–Trinajstić information content (AvgIpc) is 2.99. The molecular weight excluding hydrogens is 578 g/mol. The van der Waals surface area contributed by atoms with Crippen LogP contribution >= 0.6 is 0 Å². The average molecular weight is 634 g/mol. The van der Waals surface area contributed by atoms with Crippen LogP contribution in [-0.4, -0.2) is 101 Å². The molecule has 1 saturated heterocycles. The zero-order valence-corrected chi connectivity index (χ0v) is 26.6. The molecular formula is C31H55NO10S. The van der Waals surface area contributed by atoms with Gasteiger partial charge in [0, 0.05) is 0 Å². The molecule has 8 atom stereocenters. The van der Waals surface area contributed by atoms with Crippen LogP contribution in [0.1, 0.15) is 96.0 Å². The number of nitrogens with one attached hydrogen (secondary N) is 1. The summed E-state index contributed by atoms with van der Waals surface area (Å²) in [4.78, 5) is -0.00418. The van der Waals surface area contributed by atoms with Crippen molar-refractivity contribution in [1.82, 2.24) is 4.72 Å². The highest BCUT2D eigenvalue weighted by molar-refractivity contribution is 7.89. The van der Waals surface area contributed by atoms with Gasteiger partial charge in [0.1, 0.15) is 24.4 Å². The Labute approximate surface area is 257 Å². The smallest absolute Gasteiger partial charge is 0.241 e. The van der Waals surface area contributed by atoms with Gasteiger partial charge in [-0.1, -0.05) is 102 Å². The fraction of sp³-hybridized carbons (Fsp3) is 0.806. The Bertz CT molecular complexity index is 995. The number of sulfonamides is 1. The van der Waals surface area contributed by atoms with Crippen LogP contribution in [0.4, 0.5) is 0 Å². The van der Waals surface area contributed by atoms with Crippen molar-refractivity contribution < 1.29 is 48.5 Å². The summed E-state index contributed by atoms with van der Waals surface area (Å²) in [6.45, 7) is 2.65. The molecule has 1 aliphatic heterocycles. The van der Waals surface area contributed by atoms with Gasteiger partial charge in [0.2, 0.25) is 10.0 Å². The first-order valence-electron chi connectivity index (χ1n) is 15.9. The summed E-state index contributed by atoms with van der Waals surface area (Å²) in [7, 11) is -4.15. The third-order valence-electron chi connectivity index (χ3n) is 8.14. The lowest BCUT2D eigenvalue weighted by Crippen LogP contribution is -2.60. The first-order valence-corrected chi connectivity index (χ1v) is 17.4. The summed E-state index contributed by atoms with van der Waals surface area (Å²) >= 11 is 0. The zero-order valence-electron chi connectivity index (χ0n) is 25.8. The standard InChI is InChI=1S/C31H55NO10S/c1-3-4-5-6-7-8-9-10-11-12-13-14-18-24(34)27(35)23(32-43(39,40)26-19-16-15-17-22(26)2)21-41-31-30(38)29(37)28(36)25(20-33)42-31/h15-17,19,23-25,27-38H,3-14,18,20-21H2,1-2H3/t23-,24+,25?,27-,28-,29-,30?,31-/m0/s1. The van der Waals surface area contributed by atoms with Crippen molar-refractivity contribution in [1.29, 1.82) is 0 Å². The van der Waals surface area contributed by atoms with Crippen molar-refractivity contribution in [3.05, 3.63) is 29.8 Å². The number of aliphatic hydroxyl groups is 6. The predicted octanol–water partition coefficient (Wildman–Crippen LogP) is 2.27. The van der Waals surface area contributed by atoms with E-state index in [-0.39, 0.29) is 11.3 Å². The van der Waals surface area contributed by atoms with Gasteiger partial charge in [-0.3, -0.25) is 0 Å². The second-order valence-corrected chi connectivity index (χ2v) is 13.4. The summed E-state index contributed by atoms with van der Waals surface area (Å²) < 4.78 is 39.8. The molecule has 250 valence electrons. The summed E-state index contributed by atoms with van der Waals surface area (Å²) in [5.41, 5.74) is 0.482. The van der Waals surface area contributed by atoms with Gasteiger partial charge in [-0.05, 0) is 25.0 Å². The van der Waals surface area contributed by atoms with E-state index in [9.17, 15) is 39.1 Å². The highest BCUT2D eigenvalue weighted by Crippen LogP contribution is 2.23. The zero-order chi connectivity index (χ0) is 31.8. The molecule has 2 rings (SSSR count). The molecule has 1 aromatic rings. The van der Waals surface area contributed by atoms with E-state index in [1.807, 2.05) is 0 Å². The maximum atomic E-state index is 13.2. The Morgan fingerprint density at radius 3 is 1.98 bits per heavy atom. The van der Waals surface area contributed by atoms with Crippen LogP contribution in [0.25, 0.3) is 0 Å². The number of aliphatic hydroxyl groups excluding tert-OH is 6. The van der Waals surface area contributed by atoms with Crippen molar-refractivity contribution in [2.75, 3.05) is 13.2 Å². The third kappa shape index (κ3) is 12.6. The fourth-order valence-corrected chi connectivity index (χ4v) is 6.84. The Balaban J connectivity index is 1.93. The van der Waals surface area contributed by atoms with Gasteiger partial charge in [0.05, 0.1) is 36.4 Å². The largest absolute Gasteiger partial charge is 0.394 e. The summed E-state index contributed by atoms with van der Waals surface area (Å²) in [6, 6.07) is 4.97. The van der Waals surface area contributed by atoms with Crippen molar-refractivity contribution in [2.45, 2.75) is 151 Å². The van der Waals surface area contributed by atoms with Crippen molar-refractivity contribution in [3.63, 3.8) is 0 Å². The topological polar surface area (TPSA) is 186 Å². The van der Waals surface area contributed by atoms with E-state index in [0.717, 1.165) is 19.3 Å². The summed E-state index contributed by atoms with van der Waals surface area (Å²) in [6.07, 6.45) is 3.53. The van der Waals surface area contributed by atoms with Crippen molar-refractivity contribution in [2.24, 2.45) is 0 Å². The maximum Gasteiger partial charge on any atom is 0.241 e. The van der Waals surface area contributed by atoms with E-state index in [0.29, 0.717) is 12.0 Å². The molecule has 0 aliphatic carbocycles. The molecule has 0 saturated carbocycles. The van der Waals surface area contributed by atoms with Crippen LogP contribution in [-0.2, 0) is 19.5 Å². The van der Waals surface area contributed by atoms with Gasteiger partial charge in [0.25, 0.3) is 0 Å². The van der Waals surface area contributed by atoms with E-state index in [1.165, 1.54) is 57.4 Å². The lowest BCUT2D eigenvalue weighted by atomic mass is 9.99. The molecule has 43 heavy (non-hydrogen) atoms. The van der Waals surface area contributed by atoms with Crippen LogP contribution in [0.3, 0.4) is 0 Å². The Kier molecular flexibility index (Phi) is 17.7. The molecule has 0 aromatic heterocycles. The van der Waals surface area contributed by atoms with Gasteiger partial charge < -0.3 is 40.1 Å². The second-order valence-electron chi connectivity index (χ2n) is 11.8. The van der Waals surface area contributed by atoms with Gasteiger partial charge in [0.15, 0.2) is 6.29 Å². The first-order chi connectivity index (χ1) is 20.5. The molecule has 0 bridgehead atoms.